The normalized spacial score (nSPS) is 10.4. The lowest BCUT2D eigenvalue weighted by Crippen LogP contribution is -2.07. The summed E-state index contributed by atoms with van der Waals surface area (Å²) >= 11 is 0. The highest BCUT2D eigenvalue weighted by molar-refractivity contribution is 5.60. The van der Waals surface area contributed by atoms with E-state index in [1.165, 1.54) is 5.56 Å². The van der Waals surface area contributed by atoms with Crippen molar-refractivity contribution in [3.05, 3.63) is 65.9 Å². The van der Waals surface area contributed by atoms with E-state index in [4.69, 9.17) is 9.47 Å². The molecule has 6 heteroatoms. The van der Waals surface area contributed by atoms with Crippen molar-refractivity contribution in [1.82, 2.24) is 9.97 Å². The van der Waals surface area contributed by atoms with Crippen molar-refractivity contribution in [2.24, 2.45) is 0 Å². The zero-order valence-corrected chi connectivity index (χ0v) is 16.5. The minimum Gasteiger partial charge on any atom is -0.493 e. The molecule has 146 valence electrons. The standard InChI is InChI=1S/C22H26N4O2/c1-16-14-21(23-13-7-10-17-8-5-4-6-9-17)26-22(24-16)25-18-11-12-19(27-2)20(15-18)28-3/h4-6,8-9,11-12,14-15H,7,10,13H2,1-3H3,(H2,23,24,25,26). The molecule has 0 fully saturated rings. The third kappa shape index (κ3) is 5.36. The van der Waals surface area contributed by atoms with Crippen LogP contribution in [-0.4, -0.2) is 30.7 Å². The molecule has 1 heterocycles. The maximum Gasteiger partial charge on any atom is 0.229 e. The van der Waals surface area contributed by atoms with Crippen molar-refractivity contribution in [2.45, 2.75) is 19.8 Å². The first kappa shape index (κ1) is 19.5. The highest BCUT2D eigenvalue weighted by atomic mass is 16.5. The van der Waals surface area contributed by atoms with Crippen LogP contribution < -0.4 is 20.1 Å². The number of aryl methyl sites for hydroxylation is 2. The maximum absolute atomic E-state index is 5.35. The molecule has 0 aliphatic rings. The Morgan fingerprint density at radius 3 is 2.43 bits per heavy atom. The Bertz CT molecular complexity index is 900. The Kier molecular flexibility index (Phi) is 6.68. The van der Waals surface area contributed by atoms with E-state index >= 15 is 0 Å². The van der Waals surface area contributed by atoms with Crippen molar-refractivity contribution < 1.29 is 9.47 Å². The molecule has 0 unspecified atom stereocenters. The average molecular weight is 378 g/mol. The molecule has 0 saturated heterocycles. The van der Waals surface area contributed by atoms with Crippen LogP contribution in [-0.2, 0) is 6.42 Å². The number of hydrogen-bond acceptors (Lipinski definition) is 6. The molecule has 28 heavy (non-hydrogen) atoms. The molecule has 0 spiro atoms. The summed E-state index contributed by atoms with van der Waals surface area (Å²) in [6.45, 7) is 2.80. The number of hydrogen-bond donors (Lipinski definition) is 2. The monoisotopic (exact) mass is 378 g/mol. The number of rotatable bonds is 9. The van der Waals surface area contributed by atoms with Gasteiger partial charge < -0.3 is 20.1 Å². The second-order valence-electron chi connectivity index (χ2n) is 6.43. The number of aromatic nitrogens is 2. The van der Waals surface area contributed by atoms with Crippen LogP contribution in [0.1, 0.15) is 17.7 Å². The third-order valence-electron chi connectivity index (χ3n) is 4.29. The van der Waals surface area contributed by atoms with Crippen LogP contribution in [0.25, 0.3) is 0 Å². The van der Waals surface area contributed by atoms with Crippen LogP contribution in [0.5, 0.6) is 11.5 Å². The molecule has 1 aromatic heterocycles. The lowest BCUT2D eigenvalue weighted by molar-refractivity contribution is 0.355. The molecule has 0 aliphatic carbocycles. The molecular formula is C22H26N4O2. The Morgan fingerprint density at radius 2 is 1.68 bits per heavy atom. The van der Waals surface area contributed by atoms with Gasteiger partial charge in [0.25, 0.3) is 0 Å². The van der Waals surface area contributed by atoms with Gasteiger partial charge in [-0.15, -0.1) is 0 Å². The lowest BCUT2D eigenvalue weighted by atomic mass is 10.1. The summed E-state index contributed by atoms with van der Waals surface area (Å²) < 4.78 is 10.6. The largest absolute Gasteiger partial charge is 0.493 e. The Balaban J connectivity index is 1.61. The summed E-state index contributed by atoms with van der Waals surface area (Å²) in [7, 11) is 3.23. The molecule has 0 amide bonds. The van der Waals surface area contributed by atoms with Gasteiger partial charge in [-0.25, -0.2) is 4.98 Å². The molecule has 2 aromatic carbocycles. The average Bonchev–Trinajstić information content (AvgIpc) is 2.71. The van der Waals surface area contributed by atoms with Crippen LogP contribution in [0.3, 0.4) is 0 Å². The molecule has 0 aliphatic heterocycles. The Hall–Kier alpha value is -3.28. The van der Waals surface area contributed by atoms with Crippen LogP contribution in [0.2, 0.25) is 0 Å². The molecular weight excluding hydrogens is 352 g/mol. The van der Waals surface area contributed by atoms with Gasteiger partial charge in [-0.3, -0.25) is 0 Å². The van der Waals surface area contributed by atoms with Crippen LogP contribution in [0, 0.1) is 6.92 Å². The molecule has 6 nitrogen and oxygen atoms in total. The SMILES string of the molecule is COc1ccc(Nc2nc(C)cc(NCCCc3ccccc3)n2)cc1OC. The van der Waals surface area contributed by atoms with E-state index in [1.807, 2.05) is 37.3 Å². The second-order valence-corrected chi connectivity index (χ2v) is 6.43. The highest BCUT2D eigenvalue weighted by Crippen LogP contribution is 2.30. The molecule has 0 radical (unpaired) electrons. The van der Waals surface area contributed by atoms with Gasteiger partial charge in [-0.1, -0.05) is 30.3 Å². The molecule has 3 rings (SSSR count). The summed E-state index contributed by atoms with van der Waals surface area (Å²) in [4.78, 5) is 9.03. The fraction of sp³-hybridized carbons (Fsp3) is 0.273. The van der Waals surface area contributed by atoms with E-state index in [9.17, 15) is 0 Å². The van der Waals surface area contributed by atoms with Crippen molar-refractivity contribution in [3.63, 3.8) is 0 Å². The van der Waals surface area contributed by atoms with Crippen molar-refractivity contribution >= 4 is 17.5 Å². The van der Waals surface area contributed by atoms with E-state index < -0.39 is 0 Å². The summed E-state index contributed by atoms with van der Waals surface area (Å²) in [5.41, 5.74) is 3.07. The van der Waals surface area contributed by atoms with Gasteiger partial charge in [0.2, 0.25) is 5.95 Å². The first-order valence-electron chi connectivity index (χ1n) is 9.30. The van der Waals surface area contributed by atoms with Gasteiger partial charge in [0.15, 0.2) is 11.5 Å². The number of nitrogens with zero attached hydrogens (tertiary/aromatic N) is 2. The van der Waals surface area contributed by atoms with Gasteiger partial charge in [0, 0.05) is 30.1 Å². The summed E-state index contributed by atoms with van der Waals surface area (Å²) in [6.07, 6.45) is 2.07. The maximum atomic E-state index is 5.35. The number of benzene rings is 2. The highest BCUT2D eigenvalue weighted by Gasteiger charge is 2.07. The van der Waals surface area contributed by atoms with Crippen LogP contribution in [0.15, 0.2) is 54.6 Å². The number of anilines is 3. The quantitative estimate of drug-likeness (QED) is 0.531. The van der Waals surface area contributed by atoms with Crippen molar-refractivity contribution in [2.75, 3.05) is 31.4 Å². The molecule has 2 N–H and O–H groups in total. The van der Waals surface area contributed by atoms with E-state index in [-0.39, 0.29) is 0 Å². The van der Waals surface area contributed by atoms with Gasteiger partial charge in [0.1, 0.15) is 5.82 Å². The summed E-state index contributed by atoms with van der Waals surface area (Å²) in [5, 5.41) is 6.62. The predicted molar refractivity (Wildman–Crippen MR) is 113 cm³/mol. The minimum absolute atomic E-state index is 0.540. The zero-order chi connectivity index (χ0) is 19.8. The van der Waals surface area contributed by atoms with Crippen LogP contribution in [0.4, 0.5) is 17.5 Å². The van der Waals surface area contributed by atoms with Crippen molar-refractivity contribution in [3.8, 4) is 11.5 Å². The summed E-state index contributed by atoms with van der Waals surface area (Å²) in [6, 6.07) is 18.0. The van der Waals surface area contributed by atoms with E-state index in [1.54, 1.807) is 14.2 Å². The van der Waals surface area contributed by atoms with E-state index in [2.05, 4.69) is 44.9 Å². The third-order valence-corrected chi connectivity index (χ3v) is 4.29. The topological polar surface area (TPSA) is 68.3 Å². The predicted octanol–water partition coefficient (Wildman–Crippen LogP) is 4.59. The summed E-state index contributed by atoms with van der Waals surface area (Å²) in [5.74, 6) is 2.68. The van der Waals surface area contributed by atoms with E-state index in [0.717, 1.165) is 36.6 Å². The first-order valence-corrected chi connectivity index (χ1v) is 9.30. The van der Waals surface area contributed by atoms with E-state index in [0.29, 0.717) is 17.4 Å². The number of ether oxygens (including phenoxy) is 2. The Morgan fingerprint density at radius 1 is 0.893 bits per heavy atom. The van der Waals surface area contributed by atoms with Gasteiger partial charge in [0.05, 0.1) is 14.2 Å². The fourth-order valence-electron chi connectivity index (χ4n) is 2.91. The van der Waals surface area contributed by atoms with Crippen LogP contribution >= 0.6 is 0 Å². The number of nitrogens with one attached hydrogen (secondary N) is 2. The molecule has 0 bridgehead atoms. The minimum atomic E-state index is 0.540. The fourth-order valence-corrected chi connectivity index (χ4v) is 2.91. The van der Waals surface area contributed by atoms with Gasteiger partial charge in [-0.05, 0) is 37.5 Å². The zero-order valence-electron chi connectivity index (χ0n) is 16.5. The first-order chi connectivity index (χ1) is 13.7. The van der Waals surface area contributed by atoms with Gasteiger partial charge in [-0.2, -0.15) is 4.98 Å². The smallest absolute Gasteiger partial charge is 0.229 e. The van der Waals surface area contributed by atoms with Crippen molar-refractivity contribution in [1.29, 1.82) is 0 Å². The number of methoxy groups -OCH3 is 2. The second kappa shape index (κ2) is 9.60. The lowest BCUT2D eigenvalue weighted by Gasteiger charge is -2.12. The Labute approximate surface area is 166 Å². The molecule has 0 saturated carbocycles. The van der Waals surface area contributed by atoms with Gasteiger partial charge >= 0.3 is 0 Å². The molecule has 3 aromatic rings. The molecule has 0 atom stereocenters.